The van der Waals surface area contributed by atoms with E-state index in [1.54, 1.807) is 6.92 Å². The van der Waals surface area contributed by atoms with Crippen molar-refractivity contribution in [2.75, 3.05) is 0 Å². The highest BCUT2D eigenvalue weighted by Gasteiger charge is 2.22. The van der Waals surface area contributed by atoms with E-state index in [1.165, 1.54) is 13.8 Å². The van der Waals surface area contributed by atoms with Crippen molar-refractivity contribution in [3.8, 4) is 0 Å². The number of hydrogen-bond donors (Lipinski definition) is 2. The highest BCUT2D eigenvalue weighted by molar-refractivity contribution is 5.97. The molecule has 132 valence electrons. The van der Waals surface area contributed by atoms with Crippen LogP contribution in [0.15, 0.2) is 30.3 Å². The normalized spacial score (nSPS) is 11.8. The van der Waals surface area contributed by atoms with E-state index in [2.05, 4.69) is 0 Å². The van der Waals surface area contributed by atoms with Gasteiger partial charge in [0.1, 0.15) is 23.4 Å². The van der Waals surface area contributed by atoms with Crippen molar-refractivity contribution < 1.29 is 29.4 Å². The fourth-order valence-corrected chi connectivity index (χ4v) is 1.89. The van der Waals surface area contributed by atoms with E-state index in [-0.39, 0.29) is 35.3 Å². The van der Waals surface area contributed by atoms with Crippen LogP contribution in [0.5, 0.6) is 0 Å². The first-order valence-electron chi connectivity index (χ1n) is 7.21. The van der Waals surface area contributed by atoms with Gasteiger partial charge in [-0.2, -0.15) is 0 Å². The zero-order chi connectivity index (χ0) is 18.0. The van der Waals surface area contributed by atoms with Gasteiger partial charge in [-0.3, -0.25) is 19.2 Å². The van der Waals surface area contributed by atoms with Crippen molar-refractivity contribution in [2.45, 2.75) is 33.6 Å². The van der Waals surface area contributed by atoms with Gasteiger partial charge in [-0.15, -0.1) is 0 Å². The average Bonchev–Trinajstić information content (AvgIpc) is 2.45. The second kappa shape index (κ2) is 12.5. The molecule has 24 heavy (non-hydrogen) atoms. The number of benzene rings is 1. The van der Waals surface area contributed by atoms with Crippen LogP contribution in [0.3, 0.4) is 0 Å². The molecule has 0 heterocycles. The molecule has 7 heteroatoms. The molecule has 0 fully saturated rings. The zero-order valence-corrected chi connectivity index (χ0v) is 13.5. The predicted octanol–water partition coefficient (Wildman–Crippen LogP) is 1.02. The first-order chi connectivity index (χ1) is 10.7. The molecule has 2 unspecified atom stereocenters. The largest absolute Gasteiger partial charge is 0.481 e. The average molecular weight is 352 g/mol. The Balaban J connectivity index is 0. The Kier molecular flexibility index (Phi) is 12.6. The third-order valence-electron chi connectivity index (χ3n) is 3.27. The molecule has 0 aliphatic carbocycles. The van der Waals surface area contributed by atoms with Gasteiger partial charge in [0.25, 0.3) is 0 Å². The molecule has 2 N–H and O–H groups in total. The Morgan fingerprint density at radius 2 is 1.29 bits per heavy atom. The van der Waals surface area contributed by atoms with Gasteiger partial charge in [0, 0.05) is 0 Å². The van der Waals surface area contributed by atoms with E-state index in [1.807, 2.05) is 30.3 Å². The number of carbonyl (C=O) groups is 4. The maximum Gasteiger partial charge on any atom is 0.314 e. The highest BCUT2D eigenvalue weighted by atomic mass is 27.0. The summed E-state index contributed by atoms with van der Waals surface area (Å²) in [5.41, 5.74) is 0.870. The summed E-state index contributed by atoms with van der Waals surface area (Å²) in [7, 11) is 0. The number of ketones is 2. The molecule has 0 aromatic heterocycles. The molecule has 2 atom stereocenters. The van der Waals surface area contributed by atoms with Gasteiger partial charge in [-0.05, 0) is 32.3 Å². The van der Waals surface area contributed by atoms with Crippen molar-refractivity contribution in [3.63, 3.8) is 0 Å². The smallest absolute Gasteiger partial charge is 0.314 e. The van der Waals surface area contributed by atoms with Gasteiger partial charge >= 0.3 is 11.9 Å². The van der Waals surface area contributed by atoms with E-state index < -0.39 is 23.8 Å². The third kappa shape index (κ3) is 9.23. The Labute approximate surface area is 152 Å². The van der Waals surface area contributed by atoms with Crippen LogP contribution >= 0.6 is 0 Å². The van der Waals surface area contributed by atoms with Crippen LogP contribution < -0.4 is 0 Å². The van der Waals surface area contributed by atoms with Gasteiger partial charge in [0.2, 0.25) is 0 Å². The number of carbonyl (C=O) groups excluding carboxylic acids is 2. The quantitative estimate of drug-likeness (QED) is 0.560. The molecule has 0 aliphatic heterocycles. The minimum Gasteiger partial charge on any atom is -0.481 e. The summed E-state index contributed by atoms with van der Waals surface area (Å²) in [5.74, 6) is -4.37. The Bertz CT molecular complexity index is 527. The zero-order valence-electron chi connectivity index (χ0n) is 13.5. The Morgan fingerprint density at radius 3 is 1.54 bits per heavy atom. The van der Waals surface area contributed by atoms with E-state index >= 15 is 0 Å². The van der Waals surface area contributed by atoms with Crippen LogP contribution in [0, 0.1) is 11.8 Å². The summed E-state index contributed by atoms with van der Waals surface area (Å²) >= 11 is 0. The molecular formula is C17H25AlO6. The molecule has 1 aromatic carbocycles. The van der Waals surface area contributed by atoms with E-state index in [0.717, 1.165) is 5.56 Å². The lowest BCUT2D eigenvalue weighted by molar-refractivity contribution is -0.147. The van der Waals surface area contributed by atoms with E-state index in [0.29, 0.717) is 6.42 Å². The maximum atomic E-state index is 11.0. The number of Topliss-reactive ketones (excluding diaryl/α,β-unsaturated/α-hetero) is 2. The van der Waals surface area contributed by atoms with Crippen molar-refractivity contribution in [1.82, 2.24) is 0 Å². The molecule has 0 saturated heterocycles. The summed E-state index contributed by atoms with van der Waals surface area (Å²) in [4.78, 5) is 42.3. The lowest BCUT2D eigenvalue weighted by Gasteiger charge is -2.07. The predicted molar refractivity (Wildman–Crippen MR) is 94.0 cm³/mol. The molecule has 1 aromatic rings. The SMILES string of the molecule is CC(=O)C(Cc1ccccc1)C(=O)O.CCC(C(C)=O)C(=O)O.[AlH3]. The summed E-state index contributed by atoms with van der Waals surface area (Å²) in [6.07, 6.45) is 0.649. The van der Waals surface area contributed by atoms with E-state index in [4.69, 9.17) is 10.2 Å². The first kappa shape index (κ1) is 24.3. The Hall–Kier alpha value is -1.97. The van der Waals surface area contributed by atoms with Crippen LogP contribution in [-0.4, -0.2) is 51.1 Å². The number of rotatable bonds is 7. The monoisotopic (exact) mass is 352 g/mol. The topological polar surface area (TPSA) is 109 Å². The third-order valence-corrected chi connectivity index (χ3v) is 3.27. The minimum atomic E-state index is -1.05. The highest BCUT2D eigenvalue weighted by Crippen LogP contribution is 2.09. The van der Waals surface area contributed by atoms with Crippen molar-refractivity contribution in [3.05, 3.63) is 35.9 Å². The second-order valence-corrected chi connectivity index (χ2v) is 5.10. The summed E-state index contributed by atoms with van der Waals surface area (Å²) in [5, 5.41) is 17.1. The molecule has 0 saturated carbocycles. The van der Waals surface area contributed by atoms with Crippen molar-refractivity contribution >= 4 is 40.9 Å². The summed E-state index contributed by atoms with van der Waals surface area (Å²) in [6.45, 7) is 4.28. The van der Waals surface area contributed by atoms with Crippen molar-refractivity contribution in [2.24, 2.45) is 11.8 Å². The summed E-state index contributed by atoms with van der Waals surface area (Å²) < 4.78 is 0. The van der Waals surface area contributed by atoms with Crippen LogP contribution in [0.25, 0.3) is 0 Å². The van der Waals surface area contributed by atoms with Gasteiger partial charge < -0.3 is 10.2 Å². The number of aliphatic carboxylic acids is 2. The summed E-state index contributed by atoms with van der Waals surface area (Å²) in [6, 6.07) is 9.15. The van der Waals surface area contributed by atoms with Crippen LogP contribution in [0.4, 0.5) is 0 Å². The van der Waals surface area contributed by atoms with Crippen molar-refractivity contribution in [1.29, 1.82) is 0 Å². The number of carboxylic acid groups (broad SMARTS) is 2. The fourth-order valence-electron chi connectivity index (χ4n) is 1.89. The lowest BCUT2D eigenvalue weighted by Crippen LogP contribution is -2.23. The van der Waals surface area contributed by atoms with Gasteiger partial charge in [0.05, 0.1) is 0 Å². The number of hydrogen-bond acceptors (Lipinski definition) is 4. The molecule has 6 nitrogen and oxygen atoms in total. The van der Waals surface area contributed by atoms with Crippen LogP contribution in [-0.2, 0) is 25.6 Å². The molecule has 0 bridgehead atoms. The van der Waals surface area contributed by atoms with Gasteiger partial charge in [0.15, 0.2) is 17.4 Å². The molecular weight excluding hydrogens is 327 g/mol. The maximum absolute atomic E-state index is 11.0. The van der Waals surface area contributed by atoms with E-state index in [9.17, 15) is 19.2 Å². The number of carboxylic acids is 2. The molecule has 0 amide bonds. The molecule has 0 spiro atoms. The Morgan fingerprint density at radius 1 is 0.875 bits per heavy atom. The lowest BCUT2D eigenvalue weighted by atomic mass is 9.96. The molecule has 0 aliphatic rings. The second-order valence-electron chi connectivity index (χ2n) is 5.10. The van der Waals surface area contributed by atoms with Crippen LogP contribution in [0.2, 0.25) is 0 Å². The van der Waals surface area contributed by atoms with Gasteiger partial charge in [-0.1, -0.05) is 37.3 Å². The first-order valence-corrected chi connectivity index (χ1v) is 7.21. The van der Waals surface area contributed by atoms with Crippen LogP contribution in [0.1, 0.15) is 32.8 Å². The standard InChI is InChI=1S/C11H12O3.C6H10O3.Al.3H/c1-8(12)10(11(13)14)7-9-5-3-2-4-6-9;1-3-5(4(2)7)6(8)9;;;;/h2-6,10H,7H2,1H3,(H,13,14);5H,3H2,1-2H3,(H,8,9);;;;. The fraction of sp³-hybridized carbons (Fsp3) is 0.412. The molecule has 0 radical (unpaired) electrons. The molecule has 1 rings (SSSR count). The minimum absolute atomic E-state index is 0. The van der Waals surface area contributed by atoms with Gasteiger partial charge in [-0.25, -0.2) is 0 Å².